The number of thioether (sulfide) groups is 1. The molecule has 4 rings (SSSR count). The fraction of sp³-hybridized carbons (Fsp3) is 0.125. The summed E-state index contributed by atoms with van der Waals surface area (Å²) in [6.07, 6.45) is 0. The maximum Gasteiger partial charge on any atom is 0.253 e. The molecule has 0 fully saturated rings. The molecule has 0 aliphatic heterocycles. The van der Waals surface area contributed by atoms with Crippen LogP contribution in [0.4, 0.5) is 5.69 Å². The van der Waals surface area contributed by atoms with Crippen molar-refractivity contribution in [1.82, 2.24) is 25.5 Å². The zero-order valence-corrected chi connectivity index (χ0v) is 19.2. The van der Waals surface area contributed by atoms with Crippen LogP contribution in [0.2, 0.25) is 0 Å². The third kappa shape index (κ3) is 5.78. The van der Waals surface area contributed by atoms with E-state index < -0.39 is 0 Å². The highest BCUT2D eigenvalue weighted by atomic mass is 32.2. The summed E-state index contributed by atoms with van der Waals surface area (Å²) in [5, 5.41) is 17.9. The lowest BCUT2D eigenvalue weighted by Crippen LogP contribution is -2.25. The minimum Gasteiger partial charge on any atom is -0.497 e. The van der Waals surface area contributed by atoms with Gasteiger partial charge in [0.1, 0.15) is 5.75 Å². The van der Waals surface area contributed by atoms with Crippen LogP contribution in [-0.2, 0) is 11.3 Å². The summed E-state index contributed by atoms with van der Waals surface area (Å²) in [4.78, 5) is 25.3. The van der Waals surface area contributed by atoms with Gasteiger partial charge in [-0.15, -0.1) is 5.10 Å². The predicted octanol–water partition coefficient (Wildman–Crippen LogP) is 3.33. The second-order valence-electron chi connectivity index (χ2n) is 7.12. The van der Waals surface area contributed by atoms with Gasteiger partial charge in [0.2, 0.25) is 11.1 Å². The van der Waals surface area contributed by atoms with Gasteiger partial charge in [0, 0.05) is 6.54 Å². The fourth-order valence-electron chi connectivity index (χ4n) is 3.13. The Morgan fingerprint density at radius 1 is 0.971 bits per heavy atom. The number of hydrogen-bond acceptors (Lipinski definition) is 7. The zero-order valence-electron chi connectivity index (χ0n) is 18.3. The number of hydrogen-bond donors (Lipinski definition) is 2. The Balaban J connectivity index is 1.37. The Morgan fingerprint density at radius 3 is 2.47 bits per heavy atom. The Morgan fingerprint density at radius 2 is 1.71 bits per heavy atom. The molecule has 0 saturated carbocycles. The van der Waals surface area contributed by atoms with Gasteiger partial charge in [-0.1, -0.05) is 54.2 Å². The van der Waals surface area contributed by atoms with Gasteiger partial charge in [-0.3, -0.25) is 9.59 Å². The first kappa shape index (κ1) is 23.0. The molecule has 0 unspecified atom stereocenters. The standard InChI is InChI=1S/C24H22N6O3S/c1-33-19-13-11-18(12-14-19)30-24(27-28-29-30)34-16-22(31)26-21-10-6-5-9-20(21)23(32)25-15-17-7-3-2-4-8-17/h2-14H,15-16H2,1H3,(H,25,32)(H,26,31). The van der Waals surface area contributed by atoms with Crippen LogP contribution in [0.25, 0.3) is 5.69 Å². The zero-order chi connectivity index (χ0) is 23.8. The molecule has 0 saturated heterocycles. The second kappa shape index (κ2) is 11.1. The number of ether oxygens (including phenoxy) is 1. The lowest BCUT2D eigenvalue weighted by atomic mass is 10.1. The summed E-state index contributed by atoms with van der Waals surface area (Å²) in [5.41, 5.74) is 2.56. The highest BCUT2D eigenvalue weighted by molar-refractivity contribution is 7.99. The molecule has 0 atom stereocenters. The predicted molar refractivity (Wildman–Crippen MR) is 129 cm³/mol. The van der Waals surface area contributed by atoms with Gasteiger partial charge in [0.15, 0.2) is 0 Å². The van der Waals surface area contributed by atoms with Gasteiger partial charge >= 0.3 is 0 Å². The third-order valence-corrected chi connectivity index (χ3v) is 5.75. The van der Waals surface area contributed by atoms with Crippen LogP contribution < -0.4 is 15.4 Å². The molecule has 1 heterocycles. The lowest BCUT2D eigenvalue weighted by Gasteiger charge is -2.11. The number of nitrogens with one attached hydrogen (secondary N) is 2. The molecule has 0 radical (unpaired) electrons. The molecule has 1 aromatic heterocycles. The van der Waals surface area contributed by atoms with Crippen molar-refractivity contribution in [2.75, 3.05) is 18.2 Å². The van der Waals surface area contributed by atoms with Crippen LogP contribution >= 0.6 is 11.8 Å². The van der Waals surface area contributed by atoms with E-state index in [-0.39, 0.29) is 17.6 Å². The van der Waals surface area contributed by atoms with Crippen LogP contribution in [0.1, 0.15) is 15.9 Å². The lowest BCUT2D eigenvalue weighted by molar-refractivity contribution is -0.113. The molecule has 2 amide bonds. The van der Waals surface area contributed by atoms with Crippen molar-refractivity contribution in [3.63, 3.8) is 0 Å². The van der Waals surface area contributed by atoms with Crippen LogP contribution in [0, 0.1) is 0 Å². The molecular weight excluding hydrogens is 452 g/mol. The SMILES string of the molecule is COc1ccc(-n2nnnc2SCC(=O)Nc2ccccc2C(=O)NCc2ccccc2)cc1. The second-order valence-corrected chi connectivity index (χ2v) is 8.06. The quantitative estimate of drug-likeness (QED) is 0.358. The molecule has 34 heavy (non-hydrogen) atoms. The first-order chi connectivity index (χ1) is 16.6. The average Bonchev–Trinajstić information content (AvgIpc) is 3.36. The summed E-state index contributed by atoms with van der Waals surface area (Å²) in [7, 11) is 1.59. The minimum absolute atomic E-state index is 0.0660. The van der Waals surface area contributed by atoms with E-state index >= 15 is 0 Å². The maximum atomic E-state index is 12.7. The number of para-hydroxylation sites is 1. The van der Waals surface area contributed by atoms with Crippen molar-refractivity contribution in [2.45, 2.75) is 11.7 Å². The highest BCUT2D eigenvalue weighted by Gasteiger charge is 2.15. The number of rotatable bonds is 9. The number of methoxy groups -OCH3 is 1. The van der Waals surface area contributed by atoms with Gasteiger partial charge in [-0.2, -0.15) is 4.68 Å². The first-order valence-electron chi connectivity index (χ1n) is 10.4. The average molecular weight is 475 g/mol. The van der Waals surface area contributed by atoms with E-state index in [1.807, 2.05) is 42.5 Å². The number of anilines is 1. The maximum absolute atomic E-state index is 12.7. The topological polar surface area (TPSA) is 111 Å². The third-order valence-electron chi connectivity index (χ3n) is 4.83. The Kier molecular flexibility index (Phi) is 7.51. The molecule has 3 aromatic carbocycles. The molecule has 10 heteroatoms. The van der Waals surface area contributed by atoms with Gasteiger partial charge in [-0.25, -0.2) is 0 Å². The number of aromatic nitrogens is 4. The number of carbonyl (C=O) groups excluding carboxylic acids is 2. The summed E-state index contributed by atoms with van der Waals surface area (Å²) in [5.74, 6) is 0.238. The van der Waals surface area contributed by atoms with Crippen molar-refractivity contribution < 1.29 is 14.3 Å². The van der Waals surface area contributed by atoms with E-state index in [2.05, 4.69) is 26.2 Å². The van der Waals surface area contributed by atoms with E-state index in [0.29, 0.717) is 23.0 Å². The molecule has 0 aliphatic carbocycles. The monoisotopic (exact) mass is 474 g/mol. The van der Waals surface area contributed by atoms with E-state index in [0.717, 1.165) is 17.0 Å². The van der Waals surface area contributed by atoms with Crippen molar-refractivity contribution in [3.05, 3.63) is 90.0 Å². The number of benzene rings is 3. The summed E-state index contributed by atoms with van der Waals surface area (Å²) >= 11 is 1.19. The van der Waals surface area contributed by atoms with Gasteiger partial charge in [0.05, 0.1) is 29.8 Å². The van der Waals surface area contributed by atoms with Crippen LogP contribution in [-0.4, -0.2) is 44.9 Å². The molecule has 0 aliphatic rings. The minimum atomic E-state index is -0.280. The van der Waals surface area contributed by atoms with Crippen molar-refractivity contribution in [2.24, 2.45) is 0 Å². The van der Waals surface area contributed by atoms with Crippen molar-refractivity contribution in [1.29, 1.82) is 0 Å². The van der Waals surface area contributed by atoms with E-state index in [4.69, 9.17) is 4.74 Å². The summed E-state index contributed by atoms with van der Waals surface area (Å²) in [6.45, 7) is 0.395. The van der Waals surface area contributed by atoms with E-state index in [9.17, 15) is 9.59 Å². The van der Waals surface area contributed by atoms with Crippen LogP contribution in [0.5, 0.6) is 5.75 Å². The van der Waals surface area contributed by atoms with Crippen LogP contribution in [0.3, 0.4) is 0 Å². The van der Waals surface area contributed by atoms with Gasteiger partial charge in [0.25, 0.3) is 5.91 Å². The molecule has 172 valence electrons. The van der Waals surface area contributed by atoms with Gasteiger partial charge < -0.3 is 15.4 Å². The molecule has 2 N–H and O–H groups in total. The number of carbonyl (C=O) groups is 2. The van der Waals surface area contributed by atoms with Crippen molar-refractivity contribution in [3.8, 4) is 11.4 Å². The van der Waals surface area contributed by atoms with E-state index in [1.54, 1.807) is 48.2 Å². The Labute approximate surface area is 200 Å². The summed E-state index contributed by atoms with van der Waals surface area (Å²) < 4.78 is 6.71. The Bertz CT molecular complexity index is 1260. The molecule has 0 bridgehead atoms. The molecule has 4 aromatic rings. The fourth-order valence-corrected chi connectivity index (χ4v) is 3.83. The van der Waals surface area contributed by atoms with E-state index in [1.165, 1.54) is 11.8 Å². The largest absolute Gasteiger partial charge is 0.497 e. The Hall–Kier alpha value is -4.18. The summed E-state index contributed by atoms with van der Waals surface area (Å²) in [6, 6.07) is 23.8. The molecule has 9 nitrogen and oxygen atoms in total. The van der Waals surface area contributed by atoms with Crippen molar-refractivity contribution >= 4 is 29.3 Å². The van der Waals surface area contributed by atoms with Crippen LogP contribution in [0.15, 0.2) is 84.0 Å². The molecule has 0 spiro atoms. The first-order valence-corrected chi connectivity index (χ1v) is 11.4. The smallest absolute Gasteiger partial charge is 0.253 e. The molecular formula is C24H22N6O3S. The number of nitrogens with zero attached hydrogens (tertiary/aromatic N) is 4. The van der Waals surface area contributed by atoms with Gasteiger partial charge in [-0.05, 0) is 52.4 Å². The normalized spacial score (nSPS) is 10.5. The number of tetrazole rings is 1. The highest BCUT2D eigenvalue weighted by Crippen LogP contribution is 2.21. The number of amides is 2.